The number of aromatic nitrogens is 2. The van der Waals surface area contributed by atoms with E-state index in [2.05, 4.69) is 22.8 Å². The second-order valence-electron chi connectivity index (χ2n) is 5.83. The molecule has 0 aliphatic rings. The average molecular weight is 344 g/mol. The number of fused-ring (bicyclic) bond motifs is 1. The van der Waals surface area contributed by atoms with Gasteiger partial charge in [0.15, 0.2) is 0 Å². The second-order valence-corrected chi connectivity index (χ2v) is 6.27. The van der Waals surface area contributed by atoms with E-state index in [4.69, 9.17) is 16.6 Å². The smallest absolute Gasteiger partial charge is 0.141 e. The van der Waals surface area contributed by atoms with Crippen LogP contribution in [0.15, 0.2) is 72.8 Å². The van der Waals surface area contributed by atoms with E-state index in [1.807, 2.05) is 54.6 Å². The highest BCUT2D eigenvalue weighted by molar-refractivity contribution is 6.30. The molecular formula is C21H14ClN3. The third-order valence-electron chi connectivity index (χ3n) is 4.16. The van der Waals surface area contributed by atoms with Crippen LogP contribution in [0.25, 0.3) is 22.4 Å². The minimum absolute atomic E-state index is 0.629. The van der Waals surface area contributed by atoms with Crippen LogP contribution in [0.3, 0.4) is 0 Å². The van der Waals surface area contributed by atoms with Crippen molar-refractivity contribution in [3.8, 4) is 17.5 Å². The van der Waals surface area contributed by atoms with E-state index in [9.17, 15) is 5.26 Å². The van der Waals surface area contributed by atoms with Gasteiger partial charge in [-0.3, -0.25) is 0 Å². The Balaban J connectivity index is 1.93. The summed E-state index contributed by atoms with van der Waals surface area (Å²) in [6.07, 6.45) is 0. The molecule has 0 amide bonds. The first kappa shape index (κ1) is 15.4. The fraction of sp³-hybridized carbons (Fsp3) is 0.0476. The maximum Gasteiger partial charge on any atom is 0.141 e. The molecule has 3 aromatic carbocycles. The molecule has 0 aliphatic carbocycles. The van der Waals surface area contributed by atoms with Crippen LogP contribution in [0, 0.1) is 11.3 Å². The molecular weight excluding hydrogens is 330 g/mol. The van der Waals surface area contributed by atoms with Gasteiger partial charge in [0, 0.05) is 17.1 Å². The van der Waals surface area contributed by atoms with Crippen molar-refractivity contribution in [1.82, 2.24) is 9.55 Å². The molecule has 0 spiro atoms. The Kier molecular flexibility index (Phi) is 3.97. The maximum absolute atomic E-state index is 9.24. The Labute approximate surface area is 150 Å². The molecule has 0 saturated carbocycles. The second kappa shape index (κ2) is 6.43. The summed E-state index contributed by atoms with van der Waals surface area (Å²) in [4.78, 5) is 4.79. The molecule has 3 nitrogen and oxygen atoms in total. The van der Waals surface area contributed by atoms with Gasteiger partial charge in [-0.25, -0.2) is 4.98 Å². The van der Waals surface area contributed by atoms with E-state index in [1.165, 1.54) is 5.56 Å². The minimum atomic E-state index is 0.629. The molecule has 120 valence electrons. The first-order chi connectivity index (χ1) is 12.2. The number of hydrogen-bond acceptors (Lipinski definition) is 2. The predicted molar refractivity (Wildman–Crippen MR) is 100 cm³/mol. The van der Waals surface area contributed by atoms with Crippen molar-refractivity contribution in [2.45, 2.75) is 6.54 Å². The molecule has 0 N–H and O–H groups in total. The number of nitriles is 1. The van der Waals surface area contributed by atoms with E-state index in [0.717, 1.165) is 22.4 Å². The van der Waals surface area contributed by atoms with E-state index < -0.39 is 0 Å². The van der Waals surface area contributed by atoms with Crippen LogP contribution in [0.5, 0.6) is 0 Å². The Morgan fingerprint density at radius 2 is 1.72 bits per heavy atom. The molecule has 4 heteroatoms. The fourth-order valence-corrected chi connectivity index (χ4v) is 3.06. The highest BCUT2D eigenvalue weighted by Crippen LogP contribution is 2.27. The summed E-state index contributed by atoms with van der Waals surface area (Å²) in [5, 5.41) is 9.93. The molecule has 0 fully saturated rings. The number of benzene rings is 3. The van der Waals surface area contributed by atoms with Crippen molar-refractivity contribution in [2.24, 2.45) is 0 Å². The van der Waals surface area contributed by atoms with Gasteiger partial charge in [-0.1, -0.05) is 41.9 Å². The predicted octanol–water partition coefficient (Wildman–Crippen LogP) is 5.28. The van der Waals surface area contributed by atoms with Crippen molar-refractivity contribution in [3.63, 3.8) is 0 Å². The van der Waals surface area contributed by atoms with Crippen LogP contribution in [-0.4, -0.2) is 9.55 Å². The van der Waals surface area contributed by atoms with Crippen molar-refractivity contribution in [3.05, 3.63) is 88.9 Å². The normalized spacial score (nSPS) is 10.7. The van der Waals surface area contributed by atoms with Gasteiger partial charge >= 0.3 is 0 Å². The summed E-state index contributed by atoms with van der Waals surface area (Å²) >= 11 is 6.02. The lowest BCUT2D eigenvalue weighted by molar-refractivity contribution is 0.834. The lowest BCUT2D eigenvalue weighted by atomic mass is 10.2. The SMILES string of the molecule is N#Cc1ccc2nc(-c3ccc(Cl)cc3)n(Cc3ccccc3)c2c1. The lowest BCUT2D eigenvalue weighted by Crippen LogP contribution is -2.02. The van der Waals surface area contributed by atoms with Gasteiger partial charge in [0.2, 0.25) is 0 Å². The first-order valence-electron chi connectivity index (χ1n) is 7.95. The maximum atomic E-state index is 9.24. The summed E-state index contributed by atoms with van der Waals surface area (Å²) in [6.45, 7) is 0.685. The van der Waals surface area contributed by atoms with Gasteiger partial charge < -0.3 is 4.57 Å². The van der Waals surface area contributed by atoms with Crippen LogP contribution in [0.4, 0.5) is 0 Å². The van der Waals surface area contributed by atoms with Gasteiger partial charge in [0.25, 0.3) is 0 Å². The summed E-state index contributed by atoms with van der Waals surface area (Å²) in [7, 11) is 0. The van der Waals surface area contributed by atoms with Crippen LogP contribution in [-0.2, 0) is 6.54 Å². The van der Waals surface area contributed by atoms with Crippen molar-refractivity contribution >= 4 is 22.6 Å². The van der Waals surface area contributed by atoms with Crippen LogP contribution in [0.2, 0.25) is 5.02 Å². The number of imidazole rings is 1. The Bertz CT molecular complexity index is 1070. The van der Waals surface area contributed by atoms with Gasteiger partial charge in [-0.2, -0.15) is 5.26 Å². The minimum Gasteiger partial charge on any atom is -0.319 e. The standard InChI is InChI=1S/C21H14ClN3/c22-18-9-7-17(8-10-18)21-24-19-11-6-16(13-23)12-20(19)25(21)14-15-4-2-1-3-5-15/h1-12H,14H2. The molecule has 0 unspecified atom stereocenters. The zero-order chi connectivity index (χ0) is 17.2. The molecule has 0 bridgehead atoms. The zero-order valence-corrected chi connectivity index (χ0v) is 14.1. The molecule has 0 atom stereocenters. The number of hydrogen-bond donors (Lipinski definition) is 0. The zero-order valence-electron chi connectivity index (χ0n) is 13.4. The topological polar surface area (TPSA) is 41.6 Å². The Hall–Kier alpha value is -3.09. The van der Waals surface area contributed by atoms with E-state index in [-0.39, 0.29) is 0 Å². The van der Waals surface area contributed by atoms with Crippen molar-refractivity contribution in [2.75, 3.05) is 0 Å². The Morgan fingerprint density at radius 1 is 0.960 bits per heavy atom. The summed E-state index contributed by atoms with van der Waals surface area (Å²) < 4.78 is 2.15. The highest BCUT2D eigenvalue weighted by atomic mass is 35.5. The van der Waals surface area contributed by atoms with Crippen molar-refractivity contribution < 1.29 is 0 Å². The van der Waals surface area contributed by atoms with E-state index in [0.29, 0.717) is 17.1 Å². The molecule has 0 aliphatic heterocycles. The lowest BCUT2D eigenvalue weighted by Gasteiger charge is -2.10. The van der Waals surface area contributed by atoms with Gasteiger partial charge in [0.05, 0.1) is 22.7 Å². The molecule has 4 aromatic rings. The number of nitrogens with zero attached hydrogens (tertiary/aromatic N) is 3. The van der Waals surface area contributed by atoms with Crippen LogP contribution in [0.1, 0.15) is 11.1 Å². The van der Waals surface area contributed by atoms with Gasteiger partial charge in [-0.05, 0) is 48.0 Å². The van der Waals surface area contributed by atoms with Crippen LogP contribution >= 0.6 is 11.6 Å². The molecule has 0 radical (unpaired) electrons. The average Bonchev–Trinajstić information content (AvgIpc) is 3.01. The molecule has 1 aromatic heterocycles. The number of halogens is 1. The molecule has 25 heavy (non-hydrogen) atoms. The van der Waals surface area contributed by atoms with Gasteiger partial charge in [0.1, 0.15) is 5.82 Å². The van der Waals surface area contributed by atoms with E-state index in [1.54, 1.807) is 6.07 Å². The van der Waals surface area contributed by atoms with E-state index >= 15 is 0 Å². The summed E-state index contributed by atoms with van der Waals surface area (Å²) in [5.41, 5.74) is 4.63. The molecule has 0 saturated heterocycles. The fourth-order valence-electron chi connectivity index (χ4n) is 2.94. The quantitative estimate of drug-likeness (QED) is 0.508. The monoisotopic (exact) mass is 343 g/mol. The van der Waals surface area contributed by atoms with Gasteiger partial charge in [-0.15, -0.1) is 0 Å². The molecule has 4 rings (SSSR count). The highest BCUT2D eigenvalue weighted by Gasteiger charge is 2.13. The number of rotatable bonds is 3. The van der Waals surface area contributed by atoms with Crippen molar-refractivity contribution in [1.29, 1.82) is 5.26 Å². The summed E-state index contributed by atoms with van der Waals surface area (Å²) in [6, 6.07) is 25.7. The third kappa shape index (κ3) is 3.00. The first-order valence-corrected chi connectivity index (χ1v) is 8.32. The van der Waals surface area contributed by atoms with Crippen LogP contribution < -0.4 is 0 Å². The summed E-state index contributed by atoms with van der Waals surface area (Å²) in [5.74, 6) is 0.866. The largest absolute Gasteiger partial charge is 0.319 e. The Morgan fingerprint density at radius 3 is 2.44 bits per heavy atom. The molecule has 1 heterocycles. The third-order valence-corrected chi connectivity index (χ3v) is 4.42.